The number of anilines is 1. The summed E-state index contributed by atoms with van der Waals surface area (Å²) >= 11 is 0. The number of rotatable bonds is 7. The van der Waals surface area contributed by atoms with Gasteiger partial charge >= 0.3 is 6.03 Å². The molecule has 2 heterocycles. The molecule has 3 aromatic rings. The fourth-order valence-electron chi connectivity index (χ4n) is 2.33. The van der Waals surface area contributed by atoms with E-state index >= 15 is 0 Å². The van der Waals surface area contributed by atoms with Crippen molar-refractivity contribution in [2.75, 3.05) is 5.32 Å². The van der Waals surface area contributed by atoms with Crippen molar-refractivity contribution < 1.29 is 13.2 Å². The number of carbonyl (C=O) groups excluding carboxylic acids is 1. The molecular weight excluding hydrogens is 378 g/mol. The molecule has 3 rings (SSSR count). The molecule has 1 aromatic carbocycles. The number of aromatic nitrogens is 2. The Labute approximate surface area is 163 Å². The summed E-state index contributed by atoms with van der Waals surface area (Å²) in [7, 11) is -3.68. The monoisotopic (exact) mass is 397 g/mol. The number of hydrogen-bond donors (Lipinski definition) is 3. The van der Waals surface area contributed by atoms with Gasteiger partial charge in [-0.05, 0) is 48.0 Å². The zero-order valence-electron chi connectivity index (χ0n) is 14.9. The van der Waals surface area contributed by atoms with Gasteiger partial charge < -0.3 is 10.6 Å². The van der Waals surface area contributed by atoms with Crippen LogP contribution in [0, 0.1) is 0 Å². The molecule has 3 N–H and O–H groups in total. The molecule has 28 heavy (non-hydrogen) atoms. The van der Waals surface area contributed by atoms with Crippen molar-refractivity contribution in [1.82, 2.24) is 20.0 Å². The lowest BCUT2D eigenvalue weighted by atomic mass is 10.3. The summed E-state index contributed by atoms with van der Waals surface area (Å²) in [5.74, 6) is 0. The second-order valence-corrected chi connectivity index (χ2v) is 7.61. The third kappa shape index (κ3) is 5.60. The molecule has 0 saturated carbocycles. The number of carbonyl (C=O) groups is 1. The van der Waals surface area contributed by atoms with Gasteiger partial charge in [0.05, 0.1) is 17.1 Å². The predicted molar refractivity (Wildman–Crippen MR) is 105 cm³/mol. The van der Waals surface area contributed by atoms with Gasteiger partial charge in [-0.25, -0.2) is 17.9 Å². The second-order valence-electron chi connectivity index (χ2n) is 5.84. The molecule has 0 radical (unpaired) electrons. The van der Waals surface area contributed by atoms with Gasteiger partial charge in [0, 0.05) is 30.8 Å². The van der Waals surface area contributed by atoms with E-state index in [2.05, 4.69) is 25.3 Å². The maximum Gasteiger partial charge on any atom is 0.319 e. The van der Waals surface area contributed by atoms with Crippen LogP contribution in [-0.4, -0.2) is 24.4 Å². The van der Waals surface area contributed by atoms with Gasteiger partial charge in [0.15, 0.2) is 0 Å². The van der Waals surface area contributed by atoms with Crippen LogP contribution in [0.4, 0.5) is 10.5 Å². The first-order chi connectivity index (χ1) is 13.5. The Morgan fingerprint density at radius 2 is 1.75 bits per heavy atom. The Kier molecular flexibility index (Phi) is 6.30. The summed E-state index contributed by atoms with van der Waals surface area (Å²) < 4.78 is 27.2. The molecule has 144 valence electrons. The SMILES string of the molecule is O=C(NCc1cccnc1)Nc1ccc(S(=O)(=O)NCc2ccccn2)cc1. The van der Waals surface area contributed by atoms with Crippen LogP contribution >= 0.6 is 0 Å². The number of urea groups is 1. The van der Waals surface area contributed by atoms with Crippen molar-refractivity contribution in [1.29, 1.82) is 0 Å². The first-order valence-corrected chi connectivity index (χ1v) is 9.95. The van der Waals surface area contributed by atoms with Crippen LogP contribution in [0.3, 0.4) is 0 Å². The number of sulfonamides is 1. The largest absolute Gasteiger partial charge is 0.334 e. The number of amides is 2. The lowest BCUT2D eigenvalue weighted by Crippen LogP contribution is -2.28. The van der Waals surface area contributed by atoms with E-state index in [4.69, 9.17) is 0 Å². The zero-order chi connectivity index (χ0) is 19.8. The molecule has 0 atom stereocenters. The summed E-state index contributed by atoms with van der Waals surface area (Å²) in [5.41, 5.74) is 1.97. The quantitative estimate of drug-likeness (QED) is 0.566. The minimum Gasteiger partial charge on any atom is -0.334 e. The van der Waals surface area contributed by atoms with E-state index in [9.17, 15) is 13.2 Å². The number of nitrogens with zero attached hydrogens (tertiary/aromatic N) is 2. The molecule has 2 amide bonds. The van der Waals surface area contributed by atoms with Crippen LogP contribution in [-0.2, 0) is 23.1 Å². The second kappa shape index (κ2) is 9.07. The summed E-state index contributed by atoms with van der Waals surface area (Å²) in [6.07, 6.45) is 4.92. The Morgan fingerprint density at radius 1 is 0.929 bits per heavy atom. The average Bonchev–Trinajstić information content (AvgIpc) is 2.73. The summed E-state index contributed by atoms with van der Waals surface area (Å²) in [6, 6.07) is 14.4. The lowest BCUT2D eigenvalue weighted by Gasteiger charge is -2.09. The van der Waals surface area contributed by atoms with Crippen LogP contribution in [0.2, 0.25) is 0 Å². The van der Waals surface area contributed by atoms with E-state index in [0.717, 1.165) is 5.56 Å². The van der Waals surface area contributed by atoms with Gasteiger partial charge in [-0.1, -0.05) is 12.1 Å². The minimum absolute atomic E-state index is 0.0971. The average molecular weight is 397 g/mol. The molecule has 9 heteroatoms. The van der Waals surface area contributed by atoms with Crippen molar-refractivity contribution in [2.45, 2.75) is 18.0 Å². The van der Waals surface area contributed by atoms with Crippen LogP contribution < -0.4 is 15.4 Å². The normalized spacial score (nSPS) is 11.0. The predicted octanol–water partition coefficient (Wildman–Crippen LogP) is 2.28. The van der Waals surface area contributed by atoms with Gasteiger partial charge in [0.25, 0.3) is 0 Å². The highest BCUT2D eigenvalue weighted by Crippen LogP contribution is 2.14. The number of hydrogen-bond acceptors (Lipinski definition) is 5. The third-order valence-corrected chi connectivity index (χ3v) is 5.18. The molecule has 0 saturated heterocycles. The van der Waals surface area contributed by atoms with Crippen molar-refractivity contribution in [3.8, 4) is 0 Å². The molecule has 0 aliphatic rings. The zero-order valence-corrected chi connectivity index (χ0v) is 15.7. The number of nitrogens with one attached hydrogen (secondary N) is 3. The van der Waals surface area contributed by atoms with Gasteiger partial charge in [-0.2, -0.15) is 0 Å². The van der Waals surface area contributed by atoms with Gasteiger partial charge in [-0.15, -0.1) is 0 Å². The maximum atomic E-state index is 12.4. The Balaban J connectivity index is 1.54. The van der Waals surface area contributed by atoms with E-state index in [1.807, 2.05) is 6.07 Å². The molecule has 0 unspecified atom stereocenters. The van der Waals surface area contributed by atoms with Crippen LogP contribution in [0.1, 0.15) is 11.3 Å². The Bertz CT molecular complexity index is 1010. The van der Waals surface area contributed by atoms with Crippen molar-refractivity contribution in [3.05, 3.63) is 84.4 Å². The molecule has 0 bridgehead atoms. The van der Waals surface area contributed by atoms with Gasteiger partial charge in [0.2, 0.25) is 10.0 Å². The van der Waals surface area contributed by atoms with E-state index in [1.54, 1.807) is 42.9 Å². The van der Waals surface area contributed by atoms with Crippen molar-refractivity contribution >= 4 is 21.7 Å². The fourth-order valence-corrected chi connectivity index (χ4v) is 3.33. The smallest absolute Gasteiger partial charge is 0.319 e. The molecule has 0 aliphatic carbocycles. The summed E-state index contributed by atoms with van der Waals surface area (Å²) in [4.78, 5) is 20.1. The van der Waals surface area contributed by atoms with E-state index in [0.29, 0.717) is 17.9 Å². The topological polar surface area (TPSA) is 113 Å². The third-order valence-electron chi connectivity index (χ3n) is 3.77. The van der Waals surface area contributed by atoms with E-state index in [1.165, 1.54) is 24.3 Å². The maximum absolute atomic E-state index is 12.4. The summed E-state index contributed by atoms with van der Waals surface area (Å²) in [5, 5.41) is 5.36. The van der Waals surface area contributed by atoms with Crippen LogP contribution in [0.5, 0.6) is 0 Å². The fraction of sp³-hybridized carbons (Fsp3) is 0.105. The molecule has 8 nitrogen and oxygen atoms in total. The standard InChI is InChI=1S/C19H19N5O3S/c25-19(22-13-15-4-3-10-20-12-15)24-16-6-8-18(9-7-16)28(26,27)23-14-17-5-1-2-11-21-17/h1-12,23H,13-14H2,(H2,22,24,25). The summed E-state index contributed by atoms with van der Waals surface area (Å²) in [6.45, 7) is 0.434. The highest BCUT2D eigenvalue weighted by atomic mass is 32.2. The highest BCUT2D eigenvalue weighted by molar-refractivity contribution is 7.89. The Morgan fingerprint density at radius 3 is 2.43 bits per heavy atom. The van der Waals surface area contributed by atoms with Crippen LogP contribution in [0.15, 0.2) is 78.1 Å². The molecule has 0 aliphatic heterocycles. The number of pyridine rings is 2. The molecule has 2 aromatic heterocycles. The molecule has 0 spiro atoms. The minimum atomic E-state index is -3.68. The lowest BCUT2D eigenvalue weighted by molar-refractivity contribution is 0.251. The molecular formula is C19H19N5O3S. The Hall–Kier alpha value is -3.30. The first kappa shape index (κ1) is 19.5. The van der Waals surface area contributed by atoms with E-state index in [-0.39, 0.29) is 11.4 Å². The number of benzene rings is 1. The van der Waals surface area contributed by atoms with Gasteiger partial charge in [-0.3, -0.25) is 9.97 Å². The highest BCUT2D eigenvalue weighted by Gasteiger charge is 2.14. The molecule has 0 fully saturated rings. The van der Waals surface area contributed by atoms with E-state index < -0.39 is 16.1 Å². The van der Waals surface area contributed by atoms with Gasteiger partial charge in [0.1, 0.15) is 0 Å². The van der Waals surface area contributed by atoms with Crippen molar-refractivity contribution in [3.63, 3.8) is 0 Å². The first-order valence-electron chi connectivity index (χ1n) is 8.46. The van der Waals surface area contributed by atoms with Crippen LogP contribution in [0.25, 0.3) is 0 Å². The van der Waals surface area contributed by atoms with Crippen molar-refractivity contribution in [2.24, 2.45) is 0 Å².